The van der Waals surface area contributed by atoms with Crippen molar-refractivity contribution in [1.29, 1.82) is 0 Å². The smallest absolute Gasteiger partial charge is 0.0514 e. The molecule has 0 aliphatic carbocycles. The van der Waals surface area contributed by atoms with E-state index in [9.17, 15) is 0 Å². The predicted octanol–water partition coefficient (Wildman–Crippen LogP) is 5.38. The third kappa shape index (κ3) is 1.91. The van der Waals surface area contributed by atoms with Crippen LogP contribution in [0.4, 0.5) is 0 Å². The van der Waals surface area contributed by atoms with Gasteiger partial charge in [0.2, 0.25) is 0 Å². The molecule has 0 aliphatic heterocycles. The first-order valence-electron chi connectivity index (χ1n) is 3.85. The van der Waals surface area contributed by atoms with Crippen molar-refractivity contribution in [3.8, 4) is 11.1 Å². The Bertz CT molecular complexity index is 425. The lowest BCUT2D eigenvalue weighted by Gasteiger charge is -2.05. The number of halogens is 3. The number of hydrogen-bond acceptors (Lipinski definition) is 1. The van der Waals surface area contributed by atoms with Gasteiger partial charge in [0.25, 0.3) is 0 Å². The number of hydrogen-bond donors (Lipinski definition) is 0. The second-order valence-corrected chi connectivity index (χ2v) is 4.79. The third-order valence-corrected chi connectivity index (χ3v) is 3.31. The van der Waals surface area contributed by atoms with Gasteiger partial charge in [-0.15, -0.1) is 0 Å². The first kappa shape index (κ1) is 10.3. The lowest BCUT2D eigenvalue weighted by Crippen LogP contribution is -1.79. The molecule has 2 aromatic rings. The van der Waals surface area contributed by atoms with Gasteiger partial charge in [0.1, 0.15) is 0 Å². The molecule has 72 valence electrons. The van der Waals surface area contributed by atoms with Gasteiger partial charge in [-0.25, -0.2) is 0 Å². The molecule has 0 aliphatic rings. The van der Waals surface area contributed by atoms with Gasteiger partial charge in [0, 0.05) is 10.6 Å². The Morgan fingerprint density at radius 2 is 1.64 bits per heavy atom. The Morgan fingerprint density at radius 1 is 1.00 bits per heavy atom. The van der Waals surface area contributed by atoms with Crippen LogP contribution in [0, 0.1) is 0 Å². The summed E-state index contributed by atoms with van der Waals surface area (Å²) in [5, 5.41) is 5.71. The number of benzene rings is 1. The number of thiophene rings is 1. The molecule has 1 aromatic heterocycles. The fourth-order valence-electron chi connectivity index (χ4n) is 1.22. The zero-order chi connectivity index (χ0) is 10.1. The van der Waals surface area contributed by atoms with E-state index in [2.05, 4.69) is 0 Å². The van der Waals surface area contributed by atoms with E-state index in [1.807, 2.05) is 16.8 Å². The lowest BCUT2D eigenvalue weighted by molar-refractivity contribution is 1.67. The quantitative estimate of drug-likeness (QED) is 0.648. The van der Waals surface area contributed by atoms with Crippen molar-refractivity contribution in [2.24, 2.45) is 0 Å². The lowest BCUT2D eigenvalue weighted by atomic mass is 10.1. The van der Waals surface area contributed by atoms with Crippen LogP contribution in [0.15, 0.2) is 29.0 Å². The zero-order valence-corrected chi connectivity index (χ0v) is 10.0. The van der Waals surface area contributed by atoms with Gasteiger partial charge in [-0.1, -0.05) is 34.8 Å². The van der Waals surface area contributed by atoms with Gasteiger partial charge >= 0.3 is 0 Å². The second-order valence-electron chi connectivity index (χ2n) is 2.76. The summed E-state index contributed by atoms with van der Waals surface area (Å²) in [5.41, 5.74) is 1.88. The van der Waals surface area contributed by atoms with E-state index in [1.165, 1.54) is 0 Å². The van der Waals surface area contributed by atoms with E-state index in [1.54, 1.807) is 23.5 Å². The van der Waals surface area contributed by atoms with Gasteiger partial charge in [-0.3, -0.25) is 0 Å². The molecule has 0 N–H and O–H groups in total. The number of rotatable bonds is 1. The van der Waals surface area contributed by atoms with Crippen molar-refractivity contribution in [2.45, 2.75) is 0 Å². The molecule has 1 heterocycles. The minimum absolute atomic E-state index is 0.555. The van der Waals surface area contributed by atoms with Gasteiger partial charge in [0.15, 0.2) is 0 Å². The SMILES string of the molecule is Clc1cc(Cl)c(-c2ccsc2)c(Cl)c1. The van der Waals surface area contributed by atoms with Crippen LogP contribution >= 0.6 is 46.1 Å². The fraction of sp³-hybridized carbons (Fsp3) is 0. The molecule has 0 radical (unpaired) electrons. The van der Waals surface area contributed by atoms with Crippen LogP contribution in [-0.4, -0.2) is 0 Å². The molecule has 0 saturated heterocycles. The Kier molecular flexibility index (Phi) is 3.03. The van der Waals surface area contributed by atoms with Crippen LogP contribution in [0.1, 0.15) is 0 Å². The van der Waals surface area contributed by atoms with E-state index >= 15 is 0 Å². The normalized spacial score (nSPS) is 10.5. The fourth-order valence-corrected chi connectivity index (χ4v) is 2.91. The van der Waals surface area contributed by atoms with Crippen LogP contribution in [0.25, 0.3) is 11.1 Å². The topological polar surface area (TPSA) is 0 Å². The van der Waals surface area contributed by atoms with Crippen molar-refractivity contribution in [3.05, 3.63) is 44.0 Å². The first-order chi connectivity index (χ1) is 6.68. The van der Waals surface area contributed by atoms with E-state index in [0.29, 0.717) is 15.1 Å². The largest absolute Gasteiger partial charge is 0.152 e. The molecule has 4 heteroatoms. The molecular formula is C10H5Cl3S. The zero-order valence-electron chi connectivity index (χ0n) is 6.93. The standard InChI is InChI=1S/C10H5Cl3S/c11-7-3-8(12)10(9(13)4-7)6-1-2-14-5-6/h1-5H. The first-order valence-corrected chi connectivity index (χ1v) is 5.93. The molecule has 0 bridgehead atoms. The molecule has 0 spiro atoms. The van der Waals surface area contributed by atoms with Crippen molar-refractivity contribution in [2.75, 3.05) is 0 Å². The molecule has 0 fully saturated rings. The van der Waals surface area contributed by atoms with Crippen molar-refractivity contribution < 1.29 is 0 Å². The molecule has 0 unspecified atom stereocenters. The summed E-state index contributed by atoms with van der Waals surface area (Å²) in [4.78, 5) is 0. The molecule has 0 saturated carbocycles. The molecule has 14 heavy (non-hydrogen) atoms. The maximum absolute atomic E-state index is 6.06. The van der Waals surface area contributed by atoms with Gasteiger partial charge in [-0.2, -0.15) is 11.3 Å². The van der Waals surface area contributed by atoms with Crippen LogP contribution in [0.5, 0.6) is 0 Å². The average Bonchev–Trinajstić information content (AvgIpc) is 2.54. The van der Waals surface area contributed by atoms with Crippen LogP contribution in [0.2, 0.25) is 15.1 Å². The maximum Gasteiger partial charge on any atom is 0.0514 e. The summed E-state index contributed by atoms with van der Waals surface area (Å²) in [6.45, 7) is 0. The van der Waals surface area contributed by atoms with Crippen molar-refractivity contribution in [3.63, 3.8) is 0 Å². The minimum atomic E-state index is 0.555. The molecule has 2 rings (SSSR count). The summed E-state index contributed by atoms with van der Waals surface area (Å²) in [5.74, 6) is 0. The van der Waals surface area contributed by atoms with Crippen LogP contribution in [-0.2, 0) is 0 Å². The summed E-state index contributed by atoms with van der Waals surface area (Å²) in [6, 6.07) is 5.37. The highest BCUT2D eigenvalue weighted by molar-refractivity contribution is 7.08. The van der Waals surface area contributed by atoms with Gasteiger partial charge in [0.05, 0.1) is 10.0 Å². The third-order valence-electron chi connectivity index (χ3n) is 1.82. The Balaban J connectivity index is 2.64. The minimum Gasteiger partial charge on any atom is -0.152 e. The van der Waals surface area contributed by atoms with Crippen molar-refractivity contribution in [1.82, 2.24) is 0 Å². The average molecular weight is 264 g/mol. The second kappa shape index (κ2) is 4.11. The highest BCUT2D eigenvalue weighted by Crippen LogP contribution is 2.37. The van der Waals surface area contributed by atoms with E-state index in [4.69, 9.17) is 34.8 Å². The molecule has 1 aromatic carbocycles. The highest BCUT2D eigenvalue weighted by atomic mass is 35.5. The Labute approximate surface area is 101 Å². The van der Waals surface area contributed by atoms with Gasteiger partial charge in [-0.05, 0) is 34.5 Å². The molecular weight excluding hydrogens is 259 g/mol. The molecule has 0 amide bonds. The summed E-state index contributed by atoms with van der Waals surface area (Å²) in [7, 11) is 0. The van der Waals surface area contributed by atoms with E-state index in [-0.39, 0.29) is 0 Å². The van der Waals surface area contributed by atoms with E-state index < -0.39 is 0 Å². The summed E-state index contributed by atoms with van der Waals surface area (Å²) >= 11 is 19.5. The molecule has 0 nitrogen and oxygen atoms in total. The molecule has 0 atom stereocenters. The van der Waals surface area contributed by atoms with Crippen LogP contribution < -0.4 is 0 Å². The summed E-state index contributed by atoms with van der Waals surface area (Å²) in [6.07, 6.45) is 0. The van der Waals surface area contributed by atoms with Gasteiger partial charge < -0.3 is 0 Å². The Hall–Kier alpha value is -0.210. The highest BCUT2D eigenvalue weighted by Gasteiger charge is 2.09. The Morgan fingerprint density at radius 3 is 2.14 bits per heavy atom. The van der Waals surface area contributed by atoms with Crippen molar-refractivity contribution >= 4 is 46.1 Å². The van der Waals surface area contributed by atoms with Crippen LogP contribution in [0.3, 0.4) is 0 Å². The maximum atomic E-state index is 6.06. The van der Waals surface area contributed by atoms with E-state index in [0.717, 1.165) is 11.1 Å². The summed E-state index contributed by atoms with van der Waals surface area (Å²) < 4.78 is 0. The predicted molar refractivity (Wildman–Crippen MR) is 64.8 cm³/mol. The monoisotopic (exact) mass is 262 g/mol.